The van der Waals surface area contributed by atoms with Crippen molar-refractivity contribution in [2.24, 2.45) is 0 Å². The number of esters is 2. The van der Waals surface area contributed by atoms with Crippen LogP contribution in [0.3, 0.4) is 0 Å². The fraction of sp³-hybridized carbons (Fsp3) is 0.286. The Hall–Kier alpha value is -2.41. The summed E-state index contributed by atoms with van der Waals surface area (Å²) in [5, 5.41) is 3.07. The van der Waals surface area contributed by atoms with Crippen molar-refractivity contribution in [1.82, 2.24) is 0 Å². The molecule has 0 atom stereocenters. The van der Waals surface area contributed by atoms with E-state index in [1.807, 2.05) is 0 Å². The predicted molar refractivity (Wildman–Crippen MR) is 80.3 cm³/mol. The SMILES string of the molecule is COC(=O)/C=C(/Nc1cc(OC)c(Cl)cc1OC)C(=O)OC. The number of hydrogen-bond acceptors (Lipinski definition) is 7. The van der Waals surface area contributed by atoms with Gasteiger partial charge >= 0.3 is 11.9 Å². The molecule has 22 heavy (non-hydrogen) atoms. The second-order valence-corrected chi connectivity index (χ2v) is 4.29. The molecular weight excluding hydrogens is 314 g/mol. The summed E-state index contributed by atoms with van der Waals surface area (Å²) in [6.45, 7) is 0. The average molecular weight is 330 g/mol. The summed E-state index contributed by atoms with van der Waals surface area (Å²) < 4.78 is 19.4. The van der Waals surface area contributed by atoms with E-state index in [0.717, 1.165) is 6.08 Å². The molecule has 1 aromatic rings. The third kappa shape index (κ3) is 4.29. The first-order valence-corrected chi connectivity index (χ1v) is 6.41. The molecule has 0 heterocycles. The summed E-state index contributed by atoms with van der Waals surface area (Å²) in [6, 6.07) is 3.03. The quantitative estimate of drug-likeness (QED) is 0.631. The largest absolute Gasteiger partial charge is 0.495 e. The van der Waals surface area contributed by atoms with Crippen molar-refractivity contribution in [2.75, 3.05) is 33.8 Å². The maximum absolute atomic E-state index is 11.7. The van der Waals surface area contributed by atoms with Crippen LogP contribution in [-0.4, -0.2) is 40.4 Å². The van der Waals surface area contributed by atoms with Crippen molar-refractivity contribution in [3.63, 3.8) is 0 Å². The normalized spacial score (nSPS) is 10.7. The molecule has 0 unspecified atom stereocenters. The number of methoxy groups -OCH3 is 4. The molecule has 7 nitrogen and oxygen atoms in total. The van der Waals surface area contributed by atoms with Crippen LogP contribution in [0, 0.1) is 0 Å². The van der Waals surface area contributed by atoms with Crippen molar-refractivity contribution < 1.29 is 28.5 Å². The Morgan fingerprint density at radius 1 is 1.05 bits per heavy atom. The van der Waals surface area contributed by atoms with Crippen molar-refractivity contribution in [3.8, 4) is 11.5 Å². The summed E-state index contributed by atoms with van der Waals surface area (Å²) in [5.41, 5.74) is 0.237. The Morgan fingerprint density at radius 3 is 2.18 bits per heavy atom. The zero-order valence-electron chi connectivity index (χ0n) is 12.6. The Bertz CT molecular complexity index is 599. The summed E-state index contributed by atoms with van der Waals surface area (Å²) in [6.07, 6.45) is 0.965. The fourth-order valence-electron chi connectivity index (χ4n) is 1.54. The summed E-state index contributed by atoms with van der Waals surface area (Å²) in [4.78, 5) is 23.1. The number of carbonyl (C=O) groups excluding carboxylic acids is 2. The maximum atomic E-state index is 11.7. The van der Waals surface area contributed by atoms with E-state index in [1.165, 1.54) is 40.6 Å². The van der Waals surface area contributed by atoms with Gasteiger partial charge in [0.25, 0.3) is 0 Å². The van der Waals surface area contributed by atoms with Gasteiger partial charge in [0.15, 0.2) is 0 Å². The highest BCUT2D eigenvalue weighted by atomic mass is 35.5. The zero-order valence-corrected chi connectivity index (χ0v) is 13.3. The van der Waals surface area contributed by atoms with E-state index in [0.29, 0.717) is 22.2 Å². The van der Waals surface area contributed by atoms with E-state index in [9.17, 15) is 9.59 Å². The monoisotopic (exact) mass is 329 g/mol. The van der Waals surface area contributed by atoms with E-state index < -0.39 is 11.9 Å². The van der Waals surface area contributed by atoms with Gasteiger partial charge in [-0.3, -0.25) is 0 Å². The van der Waals surface area contributed by atoms with Crippen LogP contribution in [0.25, 0.3) is 0 Å². The summed E-state index contributed by atoms with van der Waals surface area (Å²) in [5.74, 6) is -0.744. The van der Waals surface area contributed by atoms with Crippen molar-refractivity contribution in [2.45, 2.75) is 0 Å². The molecule has 8 heteroatoms. The van der Waals surface area contributed by atoms with Gasteiger partial charge in [0, 0.05) is 12.1 Å². The fourth-order valence-corrected chi connectivity index (χ4v) is 1.77. The topological polar surface area (TPSA) is 83.1 Å². The Labute approximate surface area is 132 Å². The van der Waals surface area contributed by atoms with E-state index in [2.05, 4.69) is 14.8 Å². The molecule has 120 valence electrons. The molecule has 0 amide bonds. The number of rotatable bonds is 6. The van der Waals surface area contributed by atoms with Crippen LogP contribution in [0.2, 0.25) is 5.02 Å². The lowest BCUT2D eigenvalue weighted by Crippen LogP contribution is -2.16. The van der Waals surface area contributed by atoms with Gasteiger partial charge in [-0.2, -0.15) is 0 Å². The van der Waals surface area contributed by atoms with Gasteiger partial charge in [0.05, 0.1) is 45.2 Å². The van der Waals surface area contributed by atoms with Gasteiger partial charge in [0.1, 0.15) is 17.2 Å². The van der Waals surface area contributed by atoms with Gasteiger partial charge < -0.3 is 24.3 Å². The first-order valence-electron chi connectivity index (χ1n) is 6.03. The standard InChI is InChI=1S/C14H16ClNO6/c1-19-11-6-9(12(20-2)5-8(11)15)16-10(14(18)22-4)7-13(17)21-3/h5-7,16H,1-4H3/b10-7+. The van der Waals surface area contributed by atoms with Crippen LogP contribution in [0.4, 0.5) is 5.69 Å². The van der Waals surface area contributed by atoms with Crippen molar-refractivity contribution >= 4 is 29.2 Å². The van der Waals surface area contributed by atoms with Crippen molar-refractivity contribution in [1.29, 1.82) is 0 Å². The predicted octanol–water partition coefficient (Wildman–Crippen LogP) is 2.00. The molecule has 0 aliphatic rings. The number of ether oxygens (including phenoxy) is 4. The molecule has 0 aliphatic heterocycles. The Kier molecular flexibility index (Phi) is 6.52. The van der Waals surface area contributed by atoms with Gasteiger partial charge in [-0.25, -0.2) is 9.59 Å². The maximum Gasteiger partial charge on any atom is 0.354 e. The molecule has 0 spiro atoms. The molecule has 0 fully saturated rings. The van der Waals surface area contributed by atoms with Crippen LogP contribution in [0.5, 0.6) is 11.5 Å². The van der Waals surface area contributed by atoms with Crippen LogP contribution in [0.1, 0.15) is 0 Å². The molecule has 0 saturated carbocycles. The van der Waals surface area contributed by atoms with E-state index >= 15 is 0 Å². The number of anilines is 1. The minimum Gasteiger partial charge on any atom is -0.495 e. The van der Waals surface area contributed by atoms with Gasteiger partial charge in [0.2, 0.25) is 0 Å². The first kappa shape index (κ1) is 17.6. The lowest BCUT2D eigenvalue weighted by molar-refractivity contribution is -0.138. The number of hydrogen-bond donors (Lipinski definition) is 1. The van der Waals surface area contributed by atoms with Crippen LogP contribution in [0.15, 0.2) is 23.9 Å². The minimum atomic E-state index is -0.749. The third-order valence-corrected chi connectivity index (χ3v) is 2.91. The van der Waals surface area contributed by atoms with Gasteiger partial charge in [-0.1, -0.05) is 11.6 Å². The van der Waals surface area contributed by atoms with Crippen LogP contribution >= 0.6 is 11.6 Å². The summed E-state index contributed by atoms with van der Waals surface area (Å²) >= 11 is 6.00. The van der Waals surface area contributed by atoms with Crippen LogP contribution in [-0.2, 0) is 19.1 Å². The minimum absolute atomic E-state index is 0.128. The highest BCUT2D eigenvalue weighted by Gasteiger charge is 2.17. The van der Waals surface area contributed by atoms with E-state index in [4.69, 9.17) is 21.1 Å². The van der Waals surface area contributed by atoms with Crippen LogP contribution < -0.4 is 14.8 Å². The second kappa shape index (κ2) is 8.14. The molecule has 0 aliphatic carbocycles. The molecule has 1 aromatic carbocycles. The Balaban J connectivity index is 3.25. The molecule has 0 radical (unpaired) electrons. The number of benzene rings is 1. The van der Waals surface area contributed by atoms with Gasteiger partial charge in [-0.05, 0) is 0 Å². The number of nitrogens with one attached hydrogen (secondary N) is 1. The lowest BCUT2D eigenvalue weighted by Gasteiger charge is -2.14. The average Bonchev–Trinajstić information content (AvgIpc) is 2.53. The van der Waals surface area contributed by atoms with E-state index in [-0.39, 0.29) is 5.70 Å². The van der Waals surface area contributed by atoms with Crippen molar-refractivity contribution in [3.05, 3.63) is 28.9 Å². The molecule has 0 saturated heterocycles. The zero-order chi connectivity index (χ0) is 16.7. The molecule has 0 bridgehead atoms. The van der Waals surface area contributed by atoms with Gasteiger partial charge in [-0.15, -0.1) is 0 Å². The summed E-state index contributed by atoms with van der Waals surface area (Å²) in [7, 11) is 5.27. The smallest absolute Gasteiger partial charge is 0.354 e. The number of halogens is 1. The molecular formula is C14H16ClNO6. The lowest BCUT2D eigenvalue weighted by atomic mass is 10.2. The third-order valence-electron chi connectivity index (χ3n) is 2.61. The highest BCUT2D eigenvalue weighted by Crippen LogP contribution is 2.36. The molecule has 1 N–H and O–H groups in total. The number of carbonyl (C=O) groups is 2. The highest BCUT2D eigenvalue weighted by molar-refractivity contribution is 6.32. The van der Waals surface area contributed by atoms with E-state index in [1.54, 1.807) is 0 Å². The Morgan fingerprint density at radius 2 is 1.68 bits per heavy atom. The second-order valence-electron chi connectivity index (χ2n) is 3.88. The molecule has 0 aromatic heterocycles. The molecule has 1 rings (SSSR count). The first-order chi connectivity index (χ1) is 10.5.